The van der Waals surface area contributed by atoms with E-state index in [2.05, 4.69) is 26.9 Å². The number of hydrogen-bond donors (Lipinski definition) is 1. The second-order valence-corrected chi connectivity index (χ2v) is 6.38. The Kier molecular flexibility index (Phi) is 8.47. The minimum atomic E-state index is -2.98. The number of piperazine rings is 1. The van der Waals surface area contributed by atoms with Crippen LogP contribution in [0.4, 0.5) is 8.78 Å². The van der Waals surface area contributed by atoms with Gasteiger partial charge in [0, 0.05) is 44.4 Å². The van der Waals surface area contributed by atoms with Crippen LogP contribution in [0.3, 0.4) is 0 Å². The minimum Gasteiger partial charge on any atom is -0.493 e. The first kappa shape index (κ1) is 21.1. The van der Waals surface area contributed by atoms with E-state index in [-0.39, 0.29) is 17.4 Å². The van der Waals surface area contributed by atoms with Crippen molar-refractivity contribution in [3.63, 3.8) is 0 Å². The Balaban J connectivity index is 1.80. The number of nitrogens with zero attached hydrogens (tertiary/aromatic N) is 2. The first-order valence-corrected chi connectivity index (χ1v) is 8.98. The van der Waals surface area contributed by atoms with Gasteiger partial charge < -0.3 is 24.6 Å². The predicted molar refractivity (Wildman–Crippen MR) is 100 cm³/mol. The van der Waals surface area contributed by atoms with Gasteiger partial charge in [-0.15, -0.1) is 0 Å². The first-order chi connectivity index (χ1) is 13.0. The third kappa shape index (κ3) is 7.15. The van der Waals surface area contributed by atoms with Crippen molar-refractivity contribution in [3.8, 4) is 11.5 Å². The second kappa shape index (κ2) is 10.8. The maximum Gasteiger partial charge on any atom is 0.387 e. The highest BCUT2D eigenvalue weighted by atomic mass is 19.3. The number of amides is 1. The summed E-state index contributed by atoms with van der Waals surface area (Å²) in [5.41, 5.74) is 0.349. The van der Waals surface area contributed by atoms with Gasteiger partial charge in [0.05, 0.1) is 7.11 Å². The zero-order chi connectivity index (χ0) is 19.6. The van der Waals surface area contributed by atoms with Crippen LogP contribution in [0, 0.1) is 0 Å². The number of benzene rings is 1. The number of likely N-dealkylation sites (N-methyl/N-ethyl adjacent to an activating group) is 1. The lowest BCUT2D eigenvalue weighted by atomic mass is 10.1. The van der Waals surface area contributed by atoms with Crippen molar-refractivity contribution < 1.29 is 23.0 Å². The summed E-state index contributed by atoms with van der Waals surface area (Å²) in [5.74, 6) is -0.182. The quantitative estimate of drug-likeness (QED) is 0.523. The van der Waals surface area contributed by atoms with E-state index in [1.165, 1.54) is 25.3 Å². The van der Waals surface area contributed by atoms with Crippen LogP contribution in [0.25, 0.3) is 6.08 Å². The maximum absolute atomic E-state index is 12.6. The van der Waals surface area contributed by atoms with E-state index in [0.29, 0.717) is 12.1 Å². The van der Waals surface area contributed by atoms with E-state index >= 15 is 0 Å². The maximum atomic E-state index is 12.6. The van der Waals surface area contributed by atoms with Gasteiger partial charge in [0.25, 0.3) is 0 Å². The SMILES string of the molecule is COc1cccc(/C=C/C(=O)NCCCN2CCN(C)CC2)c1OC(F)F. The Labute approximate surface area is 158 Å². The van der Waals surface area contributed by atoms with E-state index < -0.39 is 6.61 Å². The fourth-order valence-electron chi connectivity index (χ4n) is 2.85. The molecule has 0 saturated carbocycles. The van der Waals surface area contributed by atoms with Crippen molar-refractivity contribution in [2.45, 2.75) is 13.0 Å². The predicted octanol–water partition coefficient (Wildman–Crippen LogP) is 2.06. The highest BCUT2D eigenvalue weighted by Gasteiger charge is 2.14. The molecule has 1 aliphatic rings. The lowest BCUT2D eigenvalue weighted by Gasteiger charge is -2.32. The van der Waals surface area contributed by atoms with Gasteiger partial charge >= 0.3 is 6.61 Å². The topological polar surface area (TPSA) is 54.0 Å². The molecule has 0 radical (unpaired) electrons. The van der Waals surface area contributed by atoms with Crippen molar-refractivity contribution >= 4 is 12.0 Å². The van der Waals surface area contributed by atoms with E-state index in [4.69, 9.17) is 4.74 Å². The molecular formula is C19H27F2N3O3. The van der Waals surface area contributed by atoms with Crippen LogP contribution in [0.15, 0.2) is 24.3 Å². The van der Waals surface area contributed by atoms with Gasteiger partial charge in [-0.2, -0.15) is 8.78 Å². The summed E-state index contributed by atoms with van der Waals surface area (Å²) >= 11 is 0. The first-order valence-electron chi connectivity index (χ1n) is 8.98. The fraction of sp³-hybridized carbons (Fsp3) is 0.526. The van der Waals surface area contributed by atoms with E-state index in [9.17, 15) is 13.6 Å². The molecule has 1 fully saturated rings. The number of halogens is 2. The van der Waals surface area contributed by atoms with E-state index in [0.717, 1.165) is 39.1 Å². The number of methoxy groups -OCH3 is 1. The number of nitrogens with one attached hydrogen (secondary N) is 1. The summed E-state index contributed by atoms with van der Waals surface area (Å²) in [6, 6.07) is 4.75. The smallest absolute Gasteiger partial charge is 0.387 e. The van der Waals surface area contributed by atoms with Crippen LogP contribution >= 0.6 is 0 Å². The highest BCUT2D eigenvalue weighted by molar-refractivity contribution is 5.92. The van der Waals surface area contributed by atoms with Gasteiger partial charge in [0.15, 0.2) is 11.5 Å². The molecule has 27 heavy (non-hydrogen) atoms. The molecule has 1 N–H and O–H groups in total. The average molecular weight is 383 g/mol. The molecule has 1 amide bonds. The van der Waals surface area contributed by atoms with Crippen LogP contribution in [-0.4, -0.2) is 75.7 Å². The Morgan fingerprint density at radius 2 is 2.04 bits per heavy atom. The number of rotatable bonds is 9. The van der Waals surface area contributed by atoms with Crippen LogP contribution in [0.1, 0.15) is 12.0 Å². The molecule has 0 aromatic heterocycles. The van der Waals surface area contributed by atoms with Gasteiger partial charge in [-0.25, -0.2) is 0 Å². The number of para-hydroxylation sites is 1. The summed E-state index contributed by atoms with van der Waals surface area (Å²) in [5, 5.41) is 2.81. The Morgan fingerprint density at radius 3 is 2.70 bits per heavy atom. The zero-order valence-electron chi connectivity index (χ0n) is 15.8. The molecule has 0 spiro atoms. The lowest BCUT2D eigenvalue weighted by Crippen LogP contribution is -2.45. The Hall–Kier alpha value is -2.19. The highest BCUT2D eigenvalue weighted by Crippen LogP contribution is 2.33. The molecule has 1 heterocycles. The molecule has 1 aliphatic heterocycles. The second-order valence-electron chi connectivity index (χ2n) is 6.38. The minimum absolute atomic E-state index is 0.0888. The monoisotopic (exact) mass is 383 g/mol. The van der Waals surface area contributed by atoms with Crippen LogP contribution in [0.5, 0.6) is 11.5 Å². The molecule has 0 aliphatic carbocycles. The Morgan fingerprint density at radius 1 is 1.30 bits per heavy atom. The number of hydrogen-bond acceptors (Lipinski definition) is 5. The molecule has 1 saturated heterocycles. The van der Waals surface area contributed by atoms with Crippen LogP contribution in [0.2, 0.25) is 0 Å². The van der Waals surface area contributed by atoms with Gasteiger partial charge in [0.2, 0.25) is 5.91 Å². The normalized spacial score (nSPS) is 16.0. The lowest BCUT2D eigenvalue weighted by molar-refractivity contribution is -0.116. The molecule has 1 aromatic carbocycles. The molecule has 6 nitrogen and oxygen atoms in total. The molecule has 2 rings (SSSR count). The summed E-state index contributed by atoms with van der Waals surface area (Å²) in [7, 11) is 3.48. The van der Waals surface area contributed by atoms with E-state index in [1.54, 1.807) is 12.1 Å². The molecule has 0 atom stereocenters. The van der Waals surface area contributed by atoms with Crippen molar-refractivity contribution in [2.24, 2.45) is 0 Å². The molecular weight excluding hydrogens is 356 g/mol. The van der Waals surface area contributed by atoms with Gasteiger partial charge in [-0.05, 0) is 32.2 Å². The third-order valence-corrected chi connectivity index (χ3v) is 4.40. The summed E-state index contributed by atoms with van der Waals surface area (Å²) < 4.78 is 34.8. The molecule has 150 valence electrons. The molecule has 0 unspecified atom stereocenters. The largest absolute Gasteiger partial charge is 0.493 e. The summed E-state index contributed by atoms with van der Waals surface area (Å²) in [6.07, 6.45) is 3.61. The Bertz CT molecular complexity index is 633. The third-order valence-electron chi connectivity index (χ3n) is 4.40. The van der Waals surface area contributed by atoms with Crippen molar-refractivity contribution in [1.82, 2.24) is 15.1 Å². The van der Waals surface area contributed by atoms with Crippen molar-refractivity contribution in [2.75, 3.05) is 53.4 Å². The molecule has 8 heteroatoms. The van der Waals surface area contributed by atoms with Gasteiger partial charge in [0.1, 0.15) is 0 Å². The number of ether oxygens (including phenoxy) is 2. The number of alkyl halides is 2. The fourth-order valence-corrected chi connectivity index (χ4v) is 2.85. The number of carbonyl (C=O) groups excluding carboxylic acids is 1. The van der Waals surface area contributed by atoms with Gasteiger partial charge in [-0.3, -0.25) is 4.79 Å². The van der Waals surface area contributed by atoms with Crippen molar-refractivity contribution in [3.05, 3.63) is 29.8 Å². The average Bonchev–Trinajstić information content (AvgIpc) is 2.65. The zero-order valence-corrected chi connectivity index (χ0v) is 15.8. The van der Waals surface area contributed by atoms with Gasteiger partial charge in [-0.1, -0.05) is 12.1 Å². The van der Waals surface area contributed by atoms with Crippen LogP contribution in [-0.2, 0) is 4.79 Å². The number of carbonyl (C=O) groups is 1. The van der Waals surface area contributed by atoms with E-state index in [1.807, 2.05) is 0 Å². The van der Waals surface area contributed by atoms with Crippen molar-refractivity contribution in [1.29, 1.82) is 0 Å². The van der Waals surface area contributed by atoms with Crippen LogP contribution < -0.4 is 14.8 Å². The molecule has 1 aromatic rings. The molecule has 0 bridgehead atoms. The summed E-state index contributed by atoms with van der Waals surface area (Å²) in [4.78, 5) is 16.6. The summed E-state index contributed by atoms with van der Waals surface area (Å²) in [6.45, 7) is 2.77. The standard InChI is InChI=1S/C19H27F2N3O3/c1-23-11-13-24(14-12-23)10-4-9-22-17(25)8-7-15-5-3-6-16(26-2)18(15)27-19(20)21/h3,5-8,19H,4,9-14H2,1-2H3,(H,22,25)/b8-7+.